The summed E-state index contributed by atoms with van der Waals surface area (Å²) in [6, 6.07) is 12.8. The van der Waals surface area contributed by atoms with Crippen molar-refractivity contribution in [1.82, 2.24) is 5.32 Å². The molecule has 1 amide bonds. The van der Waals surface area contributed by atoms with E-state index in [1.165, 1.54) is 15.4 Å². The second-order valence-electron chi connectivity index (χ2n) is 7.28. The number of hydrogen-bond donors (Lipinski definition) is 1. The summed E-state index contributed by atoms with van der Waals surface area (Å²) in [5, 5.41) is 2.92. The summed E-state index contributed by atoms with van der Waals surface area (Å²) in [4.78, 5) is 12.8. The largest absolute Gasteiger partial charge is 0.350 e. The van der Waals surface area contributed by atoms with Crippen LogP contribution in [0.2, 0.25) is 0 Å². The van der Waals surface area contributed by atoms with E-state index in [0.717, 1.165) is 36.6 Å². The molecule has 0 heterocycles. The van der Waals surface area contributed by atoms with Crippen molar-refractivity contribution in [3.05, 3.63) is 64.7 Å². The van der Waals surface area contributed by atoms with Crippen molar-refractivity contribution < 1.29 is 13.2 Å². The van der Waals surface area contributed by atoms with Gasteiger partial charge in [-0.1, -0.05) is 51.1 Å². The first-order chi connectivity index (χ1) is 13.7. The number of amides is 1. The molecule has 0 spiro atoms. The van der Waals surface area contributed by atoms with Crippen LogP contribution in [0.4, 0.5) is 5.69 Å². The Morgan fingerprint density at radius 2 is 1.52 bits per heavy atom. The zero-order valence-electron chi connectivity index (χ0n) is 18.0. The molecule has 29 heavy (non-hydrogen) atoms. The van der Waals surface area contributed by atoms with Gasteiger partial charge in [0.2, 0.25) is 15.9 Å². The van der Waals surface area contributed by atoms with Crippen LogP contribution in [0.5, 0.6) is 0 Å². The molecule has 0 saturated heterocycles. The van der Waals surface area contributed by atoms with Crippen LogP contribution in [0, 0.1) is 0 Å². The summed E-state index contributed by atoms with van der Waals surface area (Å²) < 4.78 is 26.1. The number of benzene rings is 2. The van der Waals surface area contributed by atoms with E-state index in [1.54, 1.807) is 19.1 Å². The van der Waals surface area contributed by atoms with Crippen molar-refractivity contribution in [1.29, 1.82) is 0 Å². The van der Waals surface area contributed by atoms with Crippen molar-refractivity contribution in [2.75, 3.05) is 10.6 Å². The van der Waals surface area contributed by atoms with Gasteiger partial charge in [0, 0.05) is 6.54 Å². The maximum atomic E-state index is 12.8. The molecule has 0 aliphatic carbocycles. The molecule has 0 saturated carbocycles. The van der Waals surface area contributed by atoms with Crippen molar-refractivity contribution >= 4 is 21.6 Å². The molecule has 0 aromatic heterocycles. The Morgan fingerprint density at radius 3 is 2.03 bits per heavy atom. The zero-order valence-corrected chi connectivity index (χ0v) is 18.8. The first-order valence-electron chi connectivity index (χ1n) is 10.2. The molecule has 5 nitrogen and oxygen atoms in total. The van der Waals surface area contributed by atoms with Gasteiger partial charge in [-0.2, -0.15) is 0 Å². The quantitative estimate of drug-likeness (QED) is 0.675. The Balaban J connectivity index is 2.21. The summed E-state index contributed by atoms with van der Waals surface area (Å²) in [6.45, 7) is 8.22. The second kappa shape index (κ2) is 9.92. The molecule has 0 bridgehead atoms. The summed E-state index contributed by atoms with van der Waals surface area (Å²) >= 11 is 0. The lowest BCUT2D eigenvalue weighted by Gasteiger charge is -2.28. The highest BCUT2D eigenvalue weighted by atomic mass is 32.2. The van der Waals surface area contributed by atoms with E-state index in [1.807, 2.05) is 19.1 Å². The van der Waals surface area contributed by atoms with E-state index in [4.69, 9.17) is 0 Å². The highest BCUT2D eigenvalue weighted by molar-refractivity contribution is 7.92. The van der Waals surface area contributed by atoms with Gasteiger partial charge in [0.25, 0.3) is 0 Å². The molecule has 2 aromatic rings. The maximum Gasteiger partial charge on any atom is 0.243 e. The van der Waals surface area contributed by atoms with E-state index < -0.39 is 16.1 Å². The minimum atomic E-state index is -3.62. The van der Waals surface area contributed by atoms with Gasteiger partial charge in [0.1, 0.15) is 6.04 Å². The van der Waals surface area contributed by atoms with Gasteiger partial charge in [0.15, 0.2) is 0 Å². The van der Waals surface area contributed by atoms with Gasteiger partial charge < -0.3 is 5.32 Å². The molecule has 158 valence electrons. The fourth-order valence-corrected chi connectivity index (χ4v) is 4.60. The standard InChI is InChI=1S/C23H32N2O3S/c1-6-18-10-13-22(14-11-18)25(29(5,27)28)17(4)23(26)24-16-21-15-19(7-2)9-12-20(21)8-3/h9-15,17H,6-8,16H2,1-5H3,(H,24,26). The van der Waals surface area contributed by atoms with Crippen LogP contribution in [0.3, 0.4) is 0 Å². The van der Waals surface area contributed by atoms with Gasteiger partial charge in [-0.3, -0.25) is 9.10 Å². The summed E-state index contributed by atoms with van der Waals surface area (Å²) in [6.07, 6.45) is 3.80. The minimum absolute atomic E-state index is 0.320. The number of anilines is 1. The third kappa shape index (κ3) is 5.82. The summed E-state index contributed by atoms with van der Waals surface area (Å²) in [7, 11) is -3.62. The predicted octanol–water partition coefficient (Wildman–Crippen LogP) is 3.84. The minimum Gasteiger partial charge on any atom is -0.350 e. The fraction of sp³-hybridized carbons (Fsp3) is 0.435. The highest BCUT2D eigenvalue weighted by Crippen LogP contribution is 2.22. The highest BCUT2D eigenvalue weighted by Gasteiger charge is 2.29. The summed E-state index contributed by atoms with van der Waals surface area (Å²) in [5.41, 5.74) is 5.08. The van der Waals surface area contributed by atoms with Crippen molar-refractivity contribution in [2.24, 2.45) is 0 Å². The molecule has 2 aromatic carbocycles. The van der Waals surface area contributed by atoms with Crippen molar-refractivity contribution in [3.63, 3.8) is 0 Å². The Kier molecular flexibility index (Phi) is 7.85. The van der Waals surface area contributed by atoms with Gasteiger partial charge in [0.05, 0.1) is 11.9 Å². The lowest BCUT2D eigenvalue weighted by Crippen LogP contribution is -2.47. The number of carbonyl (C=O) groups excluding carboxylic acids is 1. The van der Waals surface area contributed by atoms with Gasteiger partial charge >= 0.3 is 0 Å². The van der Waals surface area contributed by atoms with E-state index in [2.05, 4.69) is 37.4 Å². The summed E-state index contributed by atoms with van der Waals surface area (Å²) in [5.74, 6) is -0.320. The molecular formula is C23H32N2O3S. The number of aryl methyl sites for hydroxylation is 3. The molecule has 1 atom stereocenters. The number of nitrogens with zero attached hydrogens (tertiary/aromatic N) is 1. The number of nitrogens with one attached hydrogen (secondary N) is 1. The van der Waals surface area contributed by atoms with Crippen LogP contribution in [0.25, 0.3) is 0 Å². The molecule has 2 rings (SSSR count). The van der Waals surface area contributed by atoms with Crippen LogP contribution in [0.15, 0.2) is 42.5 Å². The van der Waals surface area contributed by atoms with Crippen LogP contribution in [0.1, 0.15) is 49.9 Å². The maximum absolute atomic E-state index is 12.8. The Labute approximate surface area is 175 Å². The Hall–Kier alpha value is -2.34. The third-order valence-corrected chi connectivity index (χ3v) is 6.44. The van der Waals surface area contributed by atoms with E-state index in [-0.39, 0.29) is 5.91 Å². The van der Waals surface area contributed by atoms with Crippen molar-refractivity contribution in [3.8, 4) is 0 Å². The lowest BCUT2D eigenvalue weighted by atomic mass is 10.0. The van der Waals surface area contributed by atoms with Gasteiger partial charge in [-0.15, -0.1) is 0 Å². The third-order valence-electron chi connectivity index (χ3n) is 5.20. The normalized spacial score (nSPS) is 12.4. The average molecular weight is 417 g/mol. The topological polar surface area (TPSA) is 66.5 Å². The van der Waals surface area contributed by atoms with Crippen molar-refractivity contribution in [2.45, 2.75) is 59.5 Å². The SMILES string of the molecule is CCc1ccc(N(C(C)C(=O)NCc2cc(CC)ccc2CC)S(C)(=O)=O)cc1. The second-order valence-corrected chi connectivity index (χ2v) is 9.14. The predicted molar refractivity (Wildman–Crippen MR) is 120 cm³/mol. The first-order valence-corrected chi connectivity index (χ1v) is 12.0. The average Bonchev–Trinajstić information content (AvgIpc) is 2.71. The molecule has 0 fully saturated rings. The first kappa shape index (κ1) is 22.9. The Bertz CT molecular complexity index is 937. The molecule has 0 radical (unpaired) electrons. The fourth-order valence-electron chi connectivity index (χ4n) is 3.43. The molecule has 0 aliphatic heterocycles. The molecule has 0 aliphatic rings. The molecule has 6 heteroatoms. The van der Waals surface area contributed by atoms with Crippen LogP contribution < -0.4 is 9.62 Å². The molecule has 1 unspecified atom stereocenters. The lowest BCUT2D eigenvalue weighted by molar-refractivity contribution is -0.122. The zero-order chi connectivity index (χ0) is 21.6. The van der Waals surface area contributed by atoms with E-state index >= 15 is 0 Å². The van der Waals surface area contributed by atoms with Crippen LogP contribution >= 0.6 is 0 Å². The number of hydrogen-bond acceptors (Lipinski definition) is 3. The number of rotatable bonds is 9. The number of carbonyl (C=O) groups is 1. The molecule has 1 N–H and O–H groups in total. The van der Waals surface area contributed by atoms with E-state index in [0.29, 0.717) is 12.2 Å². The number of sulfonamides is 1. The monoisotopic (exact) mass is 416 g/mol. The van der Waals surface area contributed by atoms with Gasteiger partial charge in [-0.05, 0) is 60.6 Å². The van der Waals surface area contributed by atoms with E-state index in [9.17, 15) is 13.2 Å². The Morgan fingerprint density at radius 1 is 0.931 bits per heavy atom. The van der Waals surface area contributed by atoms with Crippen LogP contribution in [-0.2, 0) is 40.6 Å². The molecular weight excluding hydrogens is 384 g/mol. The van der Waals surface area contributed by atoms with Crippen LogP contribution in [-0.4, -0.2) is 26.6 Å². The van der Waals surface area contributed by atoms with Gasteiger partial charge in [-0.25, -0.2) is 8.42 Å². The smallest absolute Gasteiger partial charge is 0.243 e.